The molecule has 0 spiro atoms. The standard InChI is InChI=1S/C14H11ClFN5/c15-11-1-3-13(16)10(5-11)6-18-12-2-4-14(19-7-12)21-9-17-8-20-21/h1-5,7-9,18H,6H2. The van der Waals surface area contributed by atoms with Crippen LogP contribution in [-0.2, 0) is 6.54 Å². The molecule has 0 aliphatic rings. The molecule has 0 saturated heterocycles. The molecule has 2 heterocycles. The molecule has 0 fully saturated rings. The van der Waals surface area contributed by atoms with Gasteiger partial charge in [-0.1, -0.05) is 11.6 Å². The van der Waals surface area contributed by atoms with Crippen molar-refractivity contribution in [2.45, 2.75) is 6.54 Å². The number of rotatable bonds is 4. The molecule has 106 valence electrons. The van der Waals surface area contributed by atoms with Gasteiger partial charge in [-0.2, -0.15) is 5.10 Å². The van der Waals surface area contributed by atoms with Crippen LogP contribution in [0.2, 0.25) is 5.02 Å². The number of pyridine rings is 1. The van der Waals surface area contributed by atoms with Gasteiger partial charge in [0.25, 0.3) is 0 Å². The minimum atomic E-state index is -0.293. The Bertz CT molecular complexity index is 728. The number of nitrogens with one attached hydrogen (secondary N) is 1. The van der Waals surface area contributed by atoms with E-state index in [1.54, 1.807) is 29.3 Å². The van der Waals surface area contributed by atoms with Gasteiger partial charge in [-0.15, -0.1) is 0 Å². The van der Waals surface area contributed by atoms with Crippen molar-refractivity contribution in [3.05, 3.63) is 65.6 Å². The highest BCUT2D eigenvalue weighted by atomic mass is 35.5. The molecule has 21 heavy (non-hydrogen) atoms. The van der Waals surface area contributed by atoms with Crippen molar-refractivity contribution in [3.8, 4) is 5.82 Å². The molecule has 0 aliphatic carbocycles. The number of halogens is 2. The number of hydrogen-bond acceptors (Lipinski definition) is 4. The number of hydrogen-bond donors (Lipinski definition) is 1. The molecule has 2 aromatic heterocycles. The second-order valence-corrected chi connectivity index (χ2v) is 4.77. The molecule has 0 bridgehead atoms. The van der Waals surface area contributed by atoms with Gasteiger partial charge in [-0.25, -0.2) is 19.0 Å². The molecule has 3 rings (SSSR count). The molecule has 1 N–H and O–H groups in total. The Balaban J connectivity index is 1.70. The summed E-state index contributed by atoms with van der Waals surface area (Å²) < 4.78 is 15.1. The fourth-order valence-electron chi connectivity index (χ4n) is 1.83. The summed E-state index contributed by atoms with van der Waals surface area (Å²) >= 11 is 5.85. The van der Waals surface area contributed by atoms with Gasteiger partial charge < -0.3 is 5.32 Å². The van der Waals surface area contributed by atoms with Gasteiger partial charge in [0.05, 0.1) is 11.9 Å². The first-order valence-corrected chi connectivity index (χ1v) is 6.59. The zero-order valence-corrected chi connectivity index (χ0v) is 11.6. The molecule has 7 heteroatoms. The van der Waals surface area contributed by atoms with E-state index in [-0.39, 0.29) is 5.82 Å². The van der Waals surface area contributed by atoms with Crippen LogP contribution in [0, 0.1) is 5.82 Å². The lowest BCUT2D eigenvalue weighted by Gasteiger charge is -2.08. The maximum atomic E-state index is 13.6. The number of anilines is 1. The third kappa shape index (κ3) is 3.17. The lowest BCUT2D eigenvalue weighted by Crippen LogP contribution is -2.03. The lowest BCUT2D eigenvalue weighted by molar-refractivity contribution is 0.613. The molecular formula is C14H11ClFN5. The van der Waals surface area contributed by atoms with E-state index in [2.05, 4.69) is 20.4 Å². The van der Waals surface area contributed by atoms with E-state index in [1.165, 1.54) is 18.5 Å². The first-order chi connectivity index (χ1) is 10.2. The van der Waals surface area contributed by atoms with Gasteiger partial charge in [0.1, 0.15) is 18.5 Å². The molecule has 3 aromatic rings. The van der Waals surface area contributed by atoms with Crippen molar-refractivity contribution in [3.63, 3.8) is 0 Å². The quantitative estimate of drug-likeness (QED) is 0.805. The van der Waals surface area contributed by atoms with Crippen LogP contribution < -0.4 is 5.32 Å². The van der Waals surface area contributed by atoms with E-state index in [0.717, 1.165) is 5.69 Å². The van der Waals surface area contributed by atoms with E-state index in [0.29, 0.717) is 22.9 Å². The van der Waals surface area contributed by atoms with Crippen molar-refractivity contribution in [1.82, 2.24) is 19.7 Å². The van der Waals surface area contributed by atoms with Crippen LogP contribution in [-0.4, -0.2) is 19.7 Å². The summed E-state index contributed by atoms with van der Waals surface area (Å²) in [4.78, 5) is 8.11. The summed E-state index contributed by atoms with van der Waals surface area (Å²) in [5.74, 6) is 0.367. The van der Waals surface area contributed by atoms with Gasteiger partial charge in [0, 0.05) is 17.1 Å². The number of benzene rings is 1. The number of nitrogens with zero attached hydrogens (tertiary/aromatic N) is 4. The summed E-state index contributed by atoms with van der Waals surface area (Å²) in [7, 11) is 0. The monoisotopic (exact) mass is 303 g/mol. The van der Waals surface area contributed by atoms with Gasteiger partial charge >= 0.3 is 0 Å². The van der Waals surface area contributed by atoms with Crippen LogP contribution in [0.3, 0.4) is 0 Å². The summed E-state index contributed by atoms with van der Waals surface area (Å²) in [6, 6.07) is 8.11. The van der Waals surface area contributed by atoms with Crippen molar-refractivity contribution in [2.75, 3.05) is 5.32 Å². The van der Waals surface area contributed by atoms with Crippen LogP contribution in [0.1, 0.15) is 5.56 Å². The summed E-state index contributed by atoms with van der Waals surface area (Å²) in [5.41, 5.74) is 1.28. The predicted molar refractivity (Wildman–Crippen MR) is 77.9 cm³/mol. The average molecular weight is 304 g/mol. The smallest absolute Gasteiger partial charge is 0.155 e. The Morgan fingerprint density at radius 2 is 2.14 bits per heavy atom. The zero-order valence-electron chi connectivity index (χ0n) is 10.9. The zero-order chi connectivity index (χ0) is 14.7. The highest BCUT2D eigenvalue weighted by Crippen LogP contribution is 2.17. The normalized spacial score (nSPS) is 10.6. The Kier molecular flexibility index (Phi) is 3.79. The van der Waals surface area contributed by atoms with Crippen molar-refractivity contribution >= 4 is 17.3 Å². The maximum absolute atomic E-state index is 13.6. The second kappa shape index (κ2) is 5.88. The summed E-state index contributed by atoms with van der Waals surface area (Å²) in [6.45, 7) is 0.330. The van der Waals surface area contributed by atoms with Crippen LogP contribution in [0.15, 0.2) is 49.2 Å². The molecule has 0 radical (unpaired) electrons. The van der Waals surface area contributed by atoms with Crippen molar-refractivity contribution < 1.29 is 4.39 Å². The highest BCUT2D eigenvalue weighted by Gasteiger charge is 2.04. The van der Waals surface area contributed by atoms with Crippen molar-refractivity contribution in [2.24, 2.45) is 0 Å². The first kappa shape index (κ1) is 13.5. The average Bonchev–Trinajstić information content (AvgIpc) is 3.03. The highest BCUT2D eigenvalue weighted by molar-refractivity contribution is 6.30. The van der Waals surface area contributed by atoms with E-state index < -0.39 is 0 Å². The topological polar surface area (TPSA) is 55.6 Å². The SMILES string of the molecule is Fc1ccc(Cl)cc1CNc1ccc(-n2cncn2)nc1. The van der Waals surface area contributed by atoms with Crippen LogP contribution in [0.25, 0.3) is 5.82 Å². The molecule has 1 aromatic carbocycles. The molecule has 0 amide bonds. The minimum Gasteiger partial charge on any atom is -0.380 e. The molecule has 0 atom stereocenters. The fourth-order valence-corrected chi connectivity index (χ4v) is 2.02. The van der Waals surface area contributed by atoms with Crippen LogP contribution in [0.4, 0.5) is 10.1 Å². The Labute approximate surface area is 125 Å². The summed E-state index contributed by atoms with van der Waals surface area (Å²) in [5, 5.41) is 7.59. The van der Waals surface area contributed by atoms with E-state index in [1.807, 2.05) is 6.07 Å². The van der Waals surface area contributed by atoms with Crippen LogP contribution >= 0.6 is 11.6 Å². The van der Waals surface area contributed by atoms with Gasteiger partial charge in [0.2, 0.25) is 0 Å². The van der Waals surface area contributed by atoms with Crippen LogP contribution in [0.5, 0.6) is 0 Å². The molecule has 0 aliphatic heterocycles. The largest absolute Gasteiger partial charge is 0.380 e. The minimum absolute atomic E-state index is 0.293. The molecule has 5 nitrogen and oxygen atoms in total. The third-order valence-electron chi connectivity index (χ3n) is 2.89. The van der Waals surface area contributed by atoms with Crippen molar-refractivity contribution in [1.29, 1.82) is 0 Å². The molecular weight excluding hydrogens is 293 g/mol. The van der Waals surface area contributed by atoms with Gasteiger partial charge in [0.15, 0.2) is 5.82 Å². The summed E-state index contributed by atoms with van der Waals surface area (Å²) in [6.07, 6.45) is 4.66. The number of aromatic nitrogens is 4. The van der Waals surface area contributed by atoms with E-state index in [9.17, 15) is 4.39 Å². The predicted octanol–water partition coefficient (Wildman–Crippen LogP) is 3.07. The maximum Gasteiger partial charge on any atom is 0.155 e. The third-order valence-corrected chi connectivity index (χ3v) is 3.13. The molecule has 0 unspecified atom stereocenters. The lowest BCUT2D eigenvalue weighted by atomic mass is 10.2. The van der Waals surface area contributed by atoms with E-state index in [4.69, 9.17) is 11.6 Å². The van der Waals surface area contributed by atoms with E-state index >= 15 is 0 Å². The van der Waals surface area contributed by atoms with Gasteiger partial charge in [-0.3, -0.25) is 0 Å². The Hall–Kier alpha value is -2.47. The van der Waals surface area contributed by atoms with Gasteiger partial charge in [-0.05, 0) is 30.3 Å². The molecule has 0 saturated carbocycles. The first-order valence-electron chi connectivity index (χ1n) is 6.21. The Morgan fingerprint density at radius 3 is 2.86 bits per heavy atom. The Morgan fingerprint density at radius 1 is 1.24 bits per heavy atom. The fraction of sp³-hybridized carbons (Fsp3) is 0.0714. The second-order valence-electron chi connectivity index (χ2n) is 4.33.